The molecule has 1 aromatic carbocycles. The van der Waals surface area contributed by atoms with Crippen LogP contribution in [0.1, 0.15) is 26.3 Å². The number of nitrogens with zero attached hydrogens (tertiary/aromatic N) is 1. The lowest BCUT2D eigenvalue weighted by Crippen LogP contribution is -2.42. The average Bonchev–Trinajstić information content (AvgIpc) is 2.40. The van der Waals surface area contributed by atoms with E-state index in [1.54, 1.807) is 18.7 Å². The molecule has 5 heteroatoms. The number of nitrogens with two attached hydrogens (primary N) is 1. The van der Waals surface area contributed by atoms with E-state index < -0.39 is 0 Å². The number of ether oxygens (including phenoxy) is 1. The Morgan fingerprint density at radius 1 is 1.40 bits per heavy atom. The summed E-state index contributed by atoms with van der Waals surface area (Å²) in [7, 11) is 0. The van der Waals surface area contributed by atoms with Crippen LogP contribution in [0.4, 0.5) is 0 Å². The van der Waals surface area contributed by atoms with E-state index >= 15 is 0 Å². The number of nitrogens with one attached hydrogen (secondary N) is 1. The summed E-state index contributed by atoms with van der Waals surface area (Å²) in [6.45, 7) is 8.00. The molecular weight excluding hydrogens is 274 g/mol. The van der Waals surface area contributed by atoms with Gasteiger partial charge in [-0.3, -0.25) is 10.3 Å². The summed E-state index contributed by atoms with van der Waals surface area (Å²) in [5, 5.41) is 8.54. The second-order valence-corrected chi connectivity index (χ2v) is 5.24. The van der Waals surface area contributed by atoms with Crippen molar-refractivity contribution in [1.29, 1.82) is 5.41 Å². The molecule has 3 N–H and O–H groups in total. The van der Waals surface area contributed by atoms with E-state index in [1.807, 2.05) is 38.1 Å². The molecule has 20 heavy (non-hydrogen) atoms. The number of rotatable bonds is 5. The molecule has 1 rings (SSSR count). The molecule has 4 nitrogen and oxygen atoms in total. The van der Waals surface area contributed by atoms with Crippen molar-refractivity contribution < 1.29 is 4.74 Å². The second-order valence-electron chi connectivity index (χ2n) is 4.67. The van der Waals surface area contributed by atoms with Crippen LogP contribution in [-0.4, -0.2) is 23.3 Å². The average molecular weight is 296 g/mol. The highest BCUT2D eigenvalue weighted by molar-refractivity contribution is 6.29. The number of allylic oxidation sites excluding steroid dienone is 1. The van der Waals surface area contributed by atoms with Crippen LogP contribution < -0.4 is 10.5 Å². The van der Waals surface area contributed by atoms with Crippen molar-refractivity contribution in [3.63, 3.8) is 0 Å². The topological polar surface area (TPSA) is 62.3 Å². The fourth-order valence-corrected chi connectivity index (χ4v) is 1.84. The normalized spacial score (nSPS) is 13.5. The zero-order valence-electron chi connectivity index (χ0n) is 12.4. The lowest BCUT2D eigenvalue weighted by Gasteiger charge is -2.28. The molecule has 0 radical (unpaired) electrons. The Hall–Kier alpha value is -1.52. The molecule has 1 unspecified atom stereocenters. The van der Waals surface area contributed by atoms with Gasteiger partial charge in [-0.05, 0) is 39.8 Å². The van der Waals surface area contributed by atoms with Gasteiger partial charge in [0.2, 0.25) is 5.88 Å². The van der Waals surface area contributed by atoms with Crippen molar-refractivity contribution in [3.05, 3.63) is 40.7 Å². The van der Waals surface area contributed by atoms with Crippen LogP contribution in [0.2, 0.25) is 0 Å². The van der Waals surface area contributed by atoms with Crippen LogP contribution in [-0.2, 0) is 0 Å². The van der Waals surface area contributed by atoms with E-state index in [0.717, 1.165) is 5.56 Å². The number of halogens is 1. The molecule has 0 aliphatic heterocycles. The van der Waals surface area contributed by atoms with E-state index in [-0.39, 0.29) is 11.9 Å². The van der Waals surface area contributed by atoms with Gasteiger partial charge < -0.3 is 10.5 Å². The molecule has 0 saturated heterocycles. The molecule has 0 heterocycles. The third-order valence-electron chi connectivity index (χ3n) is 2.81. The lowest BCUT2D eigenvalue weighted by molar-refractivity contribution is 0.290. The van der Waals surface area contributed by atoms with Crippen molar-refractivity contribution in [2.45, 2.75) is 33.7 Å². The Morgan fingerprint density at radius 2 is 1.95 bits per heavy atom. The number of hydrogen-bond donors (Lipinski definition) is 2. The highest BCUT2D eigenvalue weighted by Gasteiger charge is 2.20. The van der Waals surface area contributed by atoms with Gasteiger partial charge in [-0.25, -0.2) is 0 Å². The van der Waals surface area contributed by atoms with E-state index in [4.69, 9.17) is 27.5 Å². The third kappa shape index (κ3) is 4.25. The largest absolute Gasteiger partial charge is 0.440 e. The molecule has 0 aliphatic rings. The van der Waals surface area contributed by atoms with Gasteiger partial charge in [0.15, 0.2) is 0 Å². The molecule has 0 spiro atoms. The van der Waals surface area contributed by atoms with Gasteiger partial charge in [-0.1, -0.05) is 29.3 Å². The van der Waals surface area contributed by atoms with Gasteiger partial charge in [-0.2, -0.15) is 0 Å². The zero-order chi connectivity index (χ0) is 15.3. The van der Waals surface area contributed by atoms with E-state index in [1.165, 1.54) is 0 Å². The first kappa shape index (κ1) is 16.5. The molecule has 0 aromatic heterocycles. The van der Waals surface area contributed by atoms with Crippen LogP contribution in [0.25, 0.3) is 0 Å². The fraction of sp³-hybridized carbons (Fsp3) is 0.400. The van der Waals surface area contributed by atoms with Gasteiger partial charge in [0.05, 0.1) is 11.1 Å². The van der Waals surface area contributed by atoms with Crippen molar-refractivity contribution in [3.8, 4) is 5.75 Å². The minimum Gasteiger partial charge on any atom is -0.440 e. The Morgan fingerprint density at radius 3 is 2.35 bits per heavy atom. The third-order valence-corrected chi connectivity index (χ3v) is 2.98. The summed E-state index contributed by atoms with van der Waals surface area (Å²) < 4.78 is 5.83. The van der Waals surface area contributed by atoms with Gasteiger partial charge in [0, 0.05) is 6.54 Å². The van der Waals surface area contributed by atoms with Gasteiger partial charge >= 0.3 is 0 Å². The zero-order valence-corrected chi connectivity index (χ0v) is 13.2. The van der Waals surface area contributed by atoms with Crippen molar-refractivity contribution in [1.82, 2.24) is 4.90 Å². The number of benzene rings is 1. The summed E-state index contributed by atoms with van der Waals surface area (Å²) >= 11 is 6.12. The van der Waals surface area contributed by atoms with E-state index in [9.17, 15) is 0 Å². The molecule has 0 aliphatic carbocycles. The standard InChI is InChI=1S/C15H22ClN3O/c1-5-19(14(18)12(4)17)15(11(3)16)20-13-8-6-10(2)7-9-13/h6-9,12,18H,5,17H2,1-4H3/b15-11-,18-14?. The molecule has 0 amide bonds. The number of hydrogen-bond acceptors (Lipinski definition) is 3. The predicted molar refractivity (Wildman–Crippen MR) is 84.1 cm³/mol. The van der Waals surface area contributed by atoms with Crippen molar-refractivity contribution in [2.24, 2.45) is 5.73 Å². The lowest BCUT2D eigenvalue weighted by atomic mass is 10.2. The molecule has 0 saturated carbocycles. The van der Waals surface area contributed by atoms with Crippen molar-refractivity contribution >= 4 is 17.4 Å². The van der Waals surface area contributed by atoms with Gasteiger partial charge in [-0.15, -0.1) is 0 Å². The minimum absolute atomic E-state index is 0.273. The molecule has 0 fully saturated rings. The summed E-state index contributed by atoms with van der Waals surface area (Å²) in [5.74, 6) is 1.40. The highest BCUT2D eigenvalue weighted by atomic mass is 35.5. The predicted octanol–water partition coefficient (Wildman–Crippen LogP) is 3.45. The number of likely N-dealkylation sites (N-methyl/N-ethyl adjacent to an activating group) is 1. The van der Waals surface area contributed by atoms with Crippen LogP contribution in [0.15, 0.2) is 35.2 Å². The number of amidine groups is 1. The molecular formula is C15H22ClN3O. The smallest absolute Gasteiger partial charge is 0.215 e. The molecule has 110 valence electrons. The maximum Gasteiger partial charge on any atom is 0.215 e. The molecule has 1 atom stereocenters. The van der Waals surface area contributed by atoms with Gasteiger partial charge in [0.25, 0.3) is 0 Å². The summed E-state index contributed by atoms with van der Waals surface area (Å²) in [6, 6.07) is 7.28. The summed E-state index contributed by atoms with van der Waals surface area (Å²) in [5.41, 5.74) is 6.93. The van der Waals surface area contributed by atoms with E-state index in [0.29, 0.717) is 23.2 Å². The molecule has 1 aromatic rings. The Bertz CT molecular complexity index is 490. The van der Waals surface area contributed by atoms with Crippen LogP contribution in [0, 0.1) is 12.3 Å². The Balaban J connectivity index is 3.03. The Labute approximate surface area is 125 Å². The first-order chi connectivity index (χ1) is 9.36. The minimum atomic E-state index is -0.386. The summed E-state index contributed by atoms with van der Waals surface area (Å²) in [6.07, 6.45) is 0. The van der Waals surface area contributed by atoms with Crippen LogP contribution >= 0.6 is 11.6 Å². The maximum absolute atomic E-state index is 8.05. The highest BCUT2D eigenvalue weighted by Crippen LogP contribution is 2.21. The SMILES string of the molecule is CCN(C(=N)C(C)N)/C(Oc1ccc(C)cc1)=C(\C)Cl. The molecule has 0 bridgehead atoms. The first-order valence-electron chi connectivity index (χ1n) is 6.59. The number of aryl methyl sites for hydroxylation is 1. The first-order valence-corrected chi connectivity index (χ1v) is 6.97. The van der Waals surface area contributed by atoms with Gasteiger partial charge in [0.1, 0.15) is 11.6 Å². The summed E-state index contributed by atoms with van der Waals surface area (Å²) in [4.78, 5) is 1.67. The quantitative estimate of drug-likeness (QED) is 0.497. The van der Waals surface area contributed by atoms with Crippen LogP contribution in [0.3, 0.4) is 0 Å². The Kier molecular flexibility index (Phi) is 6.05. The van der Waals surface area contributed by atoms with Crippen LogP contribution in [0.5, 0.6) is 5.75 Å². The maximum atomic E-state index is 8.05. The second kappa shape index (κ2) is 7.31. The van der Waals surface area contributed by atoms with E-state index in [2.05, 4.69) is 0 Å². The van der Waals surface area contributed by atoms with Crippen molar-refractivity contribution in [2.75, 3.05) is 6.54 Å². The fourth-order valence-electron chi connectivity index (χ4n) is 1.70. The monoisotopic (exact) mass is 295 g/mol.